The Morgan fingerprint density at radius 1 is 1.53 bits per heavy atom. The summed E-state index contributed by atoms with van der Waals surface area (Å²) >= 11 is 3.24. The molecule has 1 aromatic rings. The van der Waals surface area contributed by atoms with Crippen LogP contribution < -0.4 is 9.47 Å². The van der Waals surface area contributed by atoms with Crippen LogP contribution in [0.5, 0.6) is 11.5 Å². The van der Waals surface area contributed by atoms with E-state index in [1.54, 1.807) is 6.07 Å². The first-order valence-corrected chi connectivity index (χ1v) is 5.87. The number of aliphatic carboxylic acids is 1. The van der Waals surface area contributed by atoms with Gasteiger partial charge in [0.15, 0.2) is 11.6 Å². The molecule has 1 heterocycles. The second-order valence-corrected chi connectivity index (χ2v) is 4.49. The van der Waals surface area contributed by atoms with Crippen molar-refractivity contribution in [1.29, 1.82) is 0 Å². The molecule has 0 saturated heterocycles. The minimum absolute atomic E-state index is 0.0112. The number of fused-ring (bicyclic) bond motifs is 1. The summed E-state index contributed by atoms with van der Waals surface area (Å²) in [4.78, 5) is 10.4. The molecule has 4 nitrogen and oxygen atoms in total. The number of carboxylic acid groups (broad SMARTS) is 1. The topological polar surface area (TPSA) is 55.8 Å². The molecular formula is C11H10BrFO4. The van der Waals surface area contributed by atoms with Gasteiger partial charge in [0.2, 0.25) is 12.5 Å². The third-order valence-electron chi connectivity index (χ3n) is 2.47. The molecule has 6 heteroatoms. The third-order valence-corrected chi connectivity index (χ3v) is 3.18. The summed E-state index contributed by atoms with van der Waals surface area (Å²) in [5, 5.41) is 8.53. The van der Waals surface area contributed by atoms with Crippen molar-refractivity contribution in [2.45, 2.75) is 19.3 Å². The number of ether oxygens (including phenoxy) is 2. The normalized spacial score (nSPS) is 12.8. The van der Waals surface area contributed by atoms with Crippen LogP contribution in [-0.2, 0) is 11.2 Å². The Morgan fingerprint density at radius 3 is 3.00 bits per heavy atom. The zero-order chi connectivity index (χ0) is 12.4. The number of hydrogen-bond acceptors (Lipinski definition) is 3. The van der Waals surface area contributed by atoms with Gasteiger partial charge in [-0.1, -0.05) is 15.9 Å². The van der Waals surface area contributed by atoms with Gasteiger partial charge in [-0.3, -0.25) is 4.79 Å². The molecule has 92 valence electrons. The van der Waals surface area contributed by atoms with Crippen molar-refractivity contribution < 1.29 is 23.8 Å². The Hall–Kier alpha value is -1.30. The van der Waals surface area contributed by atoms with E-state index in [-0.39, 0.29) is 19.0 Å². The molecule has 1 aliphatic heterocycles. The minimum atomic E-state index is -0.887. The van der Waals surface area contributed by atoms with Crippen LogP contribution in [0.15, 0.2) is 10.5 Å². The van der Waals surface area contributed by atoms with Crippen LogP contribution in [0.4, 0.5) is 4.39 Å². The van der Waals surface area contributed by atoms with Crippen LogP contribution in [0, 0.1) is 5.82 Å². The van der Waals surface area contributed by atoms with Gasteiger partial charge in [0.25, 0.3) is 0 Å². The molecule has 0 atom stereocenters. The summed E-state index contributed by atoms with van der Waals surface area (Å²) in [6.45, 7) is 0.0112. The highest BCUT2D eigenvalue weighted by atomic mass is 79.9. The molecule has 0 aromatic heterocycles. The molecule has 2 rings (SSSR count). The molecule has 0 fully saturated rings. The predicted molar refractivity (Wildman–Crippen MR) is 60.8 cm³/mol. The number of benzene rings is 1. The van der Waals surface area contributed by atoms with Crippen molar-refractivity contribution in [3.05, 3.63) is 21.9 Å². The van der Waals surface area contributed by atoms with E-state index in [0.29, 0.717) is 28.6 Å². The molecule has 0 amide bonds. The summed E-state index contributed by atoms with van der Waals surface area (Å²) in [7, 11) is 0. The third kappa shape index (κ3) is 2.52. The number of rotatable bonds is 4. The standard InChI is InChI=1S/C11H10BrFO4/c12-7-4-8-11(17-5-16-8)10(13)6(7)2-1-3-9(14)15/h4H,1-3,5H2,(H,14,15). The van der Waals surface area contributed by atoms with Gasteiger partial charge in [-0.25, -0.2) is 4.39 Å². The number of halogens is 2. The quantitative estimate of drug-likeness (QED) is 0.929. The van der Waals surface area contributed by atoms with E-state index in [1.807, 2.05) is 0 Å². The minimum Gasteiger partial charge on any atom is -0.481 e. The SMILES string of the molecule is O=C(O)CCCc1c(Br)cc2c(c1F)OCO2. The molecular weight excluding hydrogens is 295 g/mol. The first-order valence-electron chi connectivity index (χ1n) is 5.08. The van der Waals surface area contributed by atoms with Crippen LogP contribution >= 0.6 is 15.9 Å². The maximum Gasteiger partial charge on any atom is 0.303 e. The number of hydrogen-bond donors (Lipinski definition) is 1. The van der Waals surface area contributed by atoms with E-state index in [1.165, 1.54) is 0 Å². The monoisotopic (exact) mass is 304 g/mol. The van der Waals surface area contributed by atoms with Crippen molar-refractivity contribution in [2.24, 2.45) is 0 Å². The maximum atomic E-state index is 14.0. The Balaban J connectivity index is 2.19. The predicted octanol–water partition coefficient (Wildman–Crippen LogP) is 2.72. The molecule has 0 bridgehead atoms. The lowest BCUT2D eigenvalue weighted by atomic mass is 10.1. The van der Waals surface area contributed by atoms with Crippen LogP contribution in [0.25, 0.3) is 0 Å². The highest BCUT2D eigenvalue weighted by Gasteiger charge is 2.23. The van der Waals surface area contributed by atoms with E-state index in [9.17, 15) is 9.18 Å². The molecule has 1 aromatic carbocycles. The Morgan fingerprint density at radius 2 is 2.29 bits per heavy atom. The number of carbonyl (C=O) groups is 1. The van der Waals surface area contributed by atoms with Gasteiger partial charge < -0.3 is 14.6 Å². The first kappa shape index (κ1) is 12.2. The van der Waals surface area contributed by atoms with Crippen molar-refractivity contribution in [1.82, 2.24) is 0 Å². The van der Waals surface area contributed by atoms with Gasteiger partial charge in [-0.15, -0.1) is 0 Å². The van der Waals surface area contributed by atoms with E-state index in [2.05, 4.69) is 15.9 Å². The summed E-state index contributed by atoms with van der Waals surface area (Å²) < 4.78 is 24.6. The summed E-state index contributed by atoms with van der Waals surface area (Å²) in [6.07, 6.45) is 0.736. The zero-order valence-corrected chi connectivity index (χ0v) is 10.4. The Kier molecular flexibility index (Phi) is 3.51. The second kappa shape index (κ2) is 4.91. The van der Waals surface area contributed by atoms with Crippen molar-refractivity contribution in [3.63, 3.8) is 0 Å². The highest BCUT2D eigenvalue weighted by Crippen LogP contribution is 2.40. The molecule has 17 heavy (non-hydrogen) atoms. The smallest absolute Gasteiger partial charge is 0.303 e. The lowest BCUT2D eigenvalue weighted by molar-refractivity contribution is -0.137. The Bertz CT molecular complexity index is 461. The van der Waals surface area contributed by atoms with Crippen LogP contribution in [0.3, 0.4) is 0 Å². The zero-order valence-electron chi connectivity index (χ0n) is 8.83. The fourth-order valence-electron chi connectivity index (χ4n) is 1.66. The van der Waals surface area contributed by atoms with Gasteiger partial charge in [-0.2, -0.15) is 0 Å². The fourth-order valence-corrected chi connectivity index (χ4v) is 2.24. The molecule has 0 unspecified atom stereocenters. The van der Waals surface area contributed by atoms with Gasteiger partial charge in [0.1, 0.15) is 0 Å². The number of carboxylic acids is 1. The van der Waals surface area contributed by atoms with Crippen LogP contribution in [0.1, 0.15) is 18.4 Å². The van der Waals surface area contributed by atoms with E-state index in [0.717, 1.165) is 0 Å². The molecule has 0 radical (unpaired) electrons. The van der Waals surface area contributed by atoms with Crippen LogP contribution in [-0.4, -0.2) is 17.9 Å². The Labute approximate surface area is 105 Å². The van der Waals surface area contributed by atoms with Crippen molar-refractivity contribution in [2.75, 3.05) is 6.79 Å². The van der Waals surface area contributed by atoms with Gasteiger partial charge >= 0.3 is 5.97 Å². The summed E-state index contributed by atoms with van der Waals surface area (Å²) in [5.41, 5.74) is 0.426. The van der Waals surface area contributed by atoms with Crippen LogP contribution in [0.2, 0.25) is 0 Å². The fraction of sp³-hybridized carbons (Fsp3) is 0.364. The van der Waals surface area contributed by atoms with Gasteiger partial charge in [-0.05, 0) is 18.9 Å². The molecule has 1 N–H and O–H groups in total. The average Bonchev–Trinajstić information content (AvgIpc) is 2.70. The highest BCUT2D eigenvalue weighted by molar-refractivity contribution is 9.10. The molecule has 0 aliphatic carbocycles. The van der Waals surface area contributed by atoms with E-state index in [4.69, 9.17) is 14.6 Å². The first-order chi connectivity index (χ1) is 8.09. The van der Waals surface area contributed by atoms with Crippen molar-refractivity contribution >= 4 is 21.9 Å². The van der Waals surface area contributed by atoms with Crippen molar-refractivity contribution in [3.8, 4) is 11.5 Å². The van der Waals surface area contributed by atoms with E-state index < -0.39 is 11.8 Å². The average molecular weight is 305 g/mol. The summed E-state index contributed by atoms with van der Waals surface area (Å²) in [5.74, 6) is -0.880. The second-order valence-electron chi connectivity index (χ2n) is 3.63. The lowest BCUT2D eigenvalue weighted by Crippen LogP contribution is -1.99. The lowest BCUT2D eigenvalue weighted by Gasteiger charge is -2.07. The maximum absolute atomic E-state index is 14.0. The van der Waals surface area contributed by atoms with Gasteiger partial charge in [0.05, 0.1) is 0 Å². The van der Waals surface area contributed by atoms with Gasteiger partial charge in [0, 0.05) is 16.5 Å². The molecule has 0 saturated carbocycles. The largest absolute Gasteiger partial charge is 0.481 e. The van der Waals surface area contributed by atoms with E-state index >= 15 is 0 Å². The molecule has 0 spiro atoms. The molecule has 1 aliphatic rings. The summed E-state index contributed by atoms with van der Waals surface area (Å²) in [6, 6.07) is 1.64.